The number of likely N-dealkylation sites (tertiary alicyclic amines) is 1. The molecular formula is C20H21F3N2O3S. The summed E-state index contributed by atoms with van der Waals surface area (Å²) in [5, 5.41) is 1.87. The highest BCUT2D eigenvalue weighted by molar-refractivity contribution is 7.17. The quantitative estimate of drug-likeness (QED) is 0.757. The van der Waals surface area contributed by atoms with Crippen LogP contribution in [-0.2, 0) is 4.79 Å². The molecule has 0 atom stereocenters. The molecule has 0 bridgehead atoms. The fraction of sp³-hybridized carbons (Fsp3) is 0.400. The molecule has 1 aliphatic heterocycles. The highest BCUT2D eigenvalue weighted by Gasteiger charge is 2.29. The lowest BCUT2D eigenvalue weighted by Crippen LogP contribution is -2.38. The van der Waals surface area contributed by atoms with Crippen molar-refractivity contribution in [3.8, 4) is 16.2 Å². The largest absolute Gasteiger partial charge is 0.482 e. The summed E-state index contributed by atoms with van der Waals surface area (Å²) in [6, 6.07) is 10.7. The fourth-order valence-corrected chi connectivity index (χ4v) is 4.04. The van der Waals surface area contributed by atoms with Crippen LogP contribution in [0.2, 0.25) is 0 Å². The third-order valence-corrected chi connectivity index (χ3v) is 5.64. The first-order chi connectivity index (χ1) is 13.8. The van der Waals surface area contributed by atoms with E-state index in [0.29, 0.717) is 18.0 Å². The molecule has 0 spiro atoms. The number of alkyl halides is 3. The Labute approximate surface area is 170 Å². The predicted octanol–water partition coefficient (Wildman–Crippen LogP) is 4.10. The number of carbonyl (C=O) groups is 2. The van der Waals surface area contributed by atoms with Crippen LogP contribution in [0.3, 0.4) is 0 Å². The molecule has 1 aromatic heterocycles. The highest BCUT2D eigenvalue weighted by atomic mass is 32.1. The first-order valence-electron chi connectivity index (χ1n) is 9.28. The van der Waals surface area contributed by atoms with Gasteiger partial charge in [0.1, 0.15) is 17.2 Å². The van der Waals surface area contributed by atoms with E-state index in [9.17, 15) is 22.8 Å². The third kappa shape index (κ3) is 5.96. The highest BCUT2D eigenvalue weighted by Crippen LogP contribution is 2.36. The Morgan fingerprint density at radius 2 is 1.79 bits per heavy atom. The standard InChI is InChI=1S/C20H21F3N2O3S/c21-20(22,23)13-24-19(27)18-15(11-16(29-18)14-7-3-1-4-8-14)28-12-17(26)25-9-5-2-6-10-25/h1,3-4,7-8,11H,2,5-6,9-10,12-13H2,(H,24,27). The zero-order valence-corrected chi connectivity index (χ0v) is 16.4. The topological polar surface area (TPSA) is 58.6 Å². The van der Waals surface area contributed by atoms with Gasteiger partial charge < -0.3 is 15.0 Å². The second kappa shape index (κ2) is 9.30. The summed E-state index contributed by atoms with van der Waals surface area (Å²) in [5.74, 6) is -0.965. The van der Waals surface area contributed by atoms with Gasteiger partial charge in [-0.25, -0.2) is 0 Å². The zero-order chi connectivity index (χ0) is 20.9. The lowest BCUT2D eigenvalue weighted by Gasteiger charge is -2.26. The molecule has 2 heterocycles. The van der Waals surface area contributed by atoms with Crippen molar-refractivity contribution in [3.63, 3.8) is 0 Å². The number of nitrogens with zero attached hydrogens (tertiary/aromatic N) is 1. The van der Waals surface area contributed by atoms with Gasteiger partial charge in [0.25, 0.3) is 11.8 Å². The first kappa shape index (κ1) is 21.2. The molecule has 9 heteroatoms. The minimum atomic E-state index is -4.51. The van der Waals surface area contributed by atoms with Gasteiger partial charge in [-0.3, -0.25) is 9.59 Å². The Hall–Kier alpha value is -2.55. The van der Waals surface area contributed by atoms with E-state index >= 15 is 0 Å². The molecule has 0 radical (unpaired) electrons. The van der Waals surface area contributed by atoms with E-state index in [1.54, 1.807) is 11.0 Å². The molecule has 5 nitrogen and oxygen atoms in total. The molecule has 0 aliphatic carbocycles. The van der Waals surface area contributed by atoms with E-state index in [0.717, 1.165) is 36.2 Å². The molecule has 29 heavy (non-hydrogen) atoms. The molecule has 1 fully saturated rings. The van der Waals surface area contributed by atoms with Crippen LogP contribution < -0.4 is 10.1 Å². The van der Waals surface area contributed by atoms with Crippen LogP contribution in [0.4, 0.5) is 13.2 Å². The molecule has 0 unspecified atom stereocenters. The summed E-state index contributed by atoms with van der Waals surface area (Å²) in [7, 11) is 0. The van der Waals surface area contributed by atoms with Gasteiger partial charge in [0.2, 0.25) is 0 Å². The van der Waals surface area contributed by atoms with Crippen molar-refractivity contribution in [2.45, 2.75) is 25.4 Å². The first-order valence-corrected chi connectivity index (χ1v) is 10.1. The van der Waals surface area contributed by atoms with Crippen LogP contribution in [0.1, 0.15) is 28.9 Å². The van der Waals surface area contributed by atoms with Gasteiger partial charge in [0, 0.05) is 18.0 Å². The van der Waals surface area contributed by atoms with Crippen LogP contribution in [-0.4, -0.2) is 49.1 Å². The monoisotopic (exact) mass is 426 g/mol. The van der Waals surface area contributed by atoms with Crippen LogP contribution in [0.15, 0.2) is 36.4 Å². The number of piperidine rings is 1. The fourth-order valence-electron chi connectivity index (χ4n) is 3.02. The minimum Gasteiger partial charge on any atom is -0.482 e. The number of benzene rings is 1. The van der Waals surface area contributed by atoms with Crippen molar-refractivity contribution in [2.24, 2.45) is 0 Å². The number of hydrogen-bond donors (Lipinski definition) is 1. The van der Waals surface area contributed by atoms with E-state index in [2.05, 4.69) is 0 Å². The number of nitrogens with one attached hydrogen (secondary N) is 1. The van der Waals surface area contributed by atoms with Gasteiger partial charge in [0.15, 0.2) is 6.61 Å². The molecule has 1 aromatic carbocycles. The molecule has 3 rings (SSSR count). The molecule has 1 aliphatic rings. The van der Waals surface area contributed by atoms with Gasteiger partial charge >= 0.3 is 6.18 Å². The normalized spacial score (nSPS) is 14.5. The van der Waals surface area contributed by atoms with Crippen molar-refractivity contribution < 1.29 is 27.5 Å². The van der Waals surface area contributed by atoms with Crippen molar-refractivity contribution in [1.29, 1.82) is 0 Å². The van der Waals surface area contributed by atoms with Crippen LogP contribution in [0.25, 0.3) is 10.4 Å². The van der Waals surface area contributed by atoms with Crippen LogP contribution in [0, 0.1) is 0 Å². The Balaban J connectivity index is 1.76. The summed E-state index contributed by atoms with van der Waals surface area (Å²) in [4.78, 5) is 27.1. The molecule has 0 saturated carbocycles. The number of amides is 2. The number of halogens is 3. The SMILES string of the molecule is O=C(NCC(F)(F)F)c1sc(-c2ccccc2)cc1OCC(=O)N1CCCCC1. The van der Waals surface area contributed by atoms with Gasteiger partial charge in [-0.1, -0.05) is 30.3 Å². The van der Waals surface area contributed by atoms with Crippen molar-refractivity contribution in [3.05, 3.63) is 41.3 Å². The lowest BCUT2D eigenvalue weighted by atomic mass is 10.1. The van der Waals surface area contributed by atoms with Crippen molar-refractivity contribution in [1.82, 2.24) is 10.2 Å². The van der Waals surface area contributed by atoms with E-state index < -0.39 is 18.6 Å². The second-order valence-corrected chi connectivity index (χ2v) is 7.75. The molecule has 2 aromatic rings. The summed E-state index contributed by atoms with van der Waals surface area (Å²) in [6.45, 7) is -0.360. The average Bonchev–Trinajstić information content (AvgIpc) is 3.15. The number of carbonyl (C=O) groups excluding carboxylic acids is 2. The molecule has 1 saturated heterocycles. The summed E-state index contributed by atoms with van der Waals surface area (Å²) in [6.07, 6.45) is -1.56. The second-order valence-electron chi connectivity index (χ2n) is 6.70. The van der Waals surface area contributed by atoms with Gasteiger partial charge in [-0.2, -0.15) is 13.2 Å². The maximum atomic E-state index is 12.5. The molecule has 156 valence electrons. The Morgan fingerprint density at radius 1 is 1.10 bits per heavy atom. The molecule has 2 amide bonds. The average molecular weight is 426 g/mol. The van der Waals surface area contributed by atoms with Crippen LogP contribution >= 0.6 is 11.3 Å². The number of rotatable bonds is 6. The smallest absolute Gasteiger partial charge is 0.405 e. The van der Waals surface area contributed by atoms with E-state index in [1.807, 2.05) is 35.6 Å². The van der Waals surface area contributed by atoms with E-state index in [1.165, 1.54) is 0 Å². The van der Waals surface area contributed by atoms with E-state index in [-0.39, 0.29) is 23.1 Å². The summed E-state index contributed by atoms with van der Waals surface area (Å²) >= 11 is 1.03. The Kier molecular flexibility index (Phi) is 6.79. The third-order valence-electron chi connectivity index (χ3n) is 4.47. The van der Waals surface area contributed by atoms with Gasteiger partial charge in [0.05, 0.1) is 0 Å². The Bertz CT molecular complexity index is 846. The van der Waals surface area contributed by atoms with Crippen LogP contribution in [0.5, 0.6) is 5.75 Å². The number of thiophene rings is 1. The number of ether oxygens (including phenoxy) is 1. The maximum Gasteiger partial charge on any atom is 0.405 e. The zero-order valence-electron chi connectivity index (χ0n) is 15.6. The van der Waals surface area contributed by atoms with Crippen molar-refractivity contribution in [2.75, 3.05) is 26.2 Å². The predicted molar refractivity (Wildman–Crippen MR) is 104 cm³/mol. The van der Waals surface area contributed by atoms with Gasteiger partial charge in [-0.15, -0.1) is 11.3 Å². The lowest BCUT2D eigenvalue weighted by molar-refractivity contribution is -0.134. The Morgan fingerprint density at radius 3 is 2.45 bits per heavy atom. The number of hydrogen-bond acceptors (Lipinski definition) is 4. The molecular weight excluding hydrogens is 405 g/mol. The summed E-state index contributed by atoms with van der Waals surface area (Å²) < 4.78 is 43.0. The van der Waals surface area contributed by atoms with E-state index in [4.69, 9.17) is 4.74 Å². The van der Waals surface area contributed by atoms with Crippen molar-refractivity contribution >= 4 is 23.2 Å². The summed E-state index contributed by atoms with van der Waals surface area (Å²) in [5.41, 5.74) is 0.805. The minimum absolute atomic E-state index is 0.0135. The maximum absolute atomic E-state index is 12.5. The van der Waals surface area contributed by atoms with Gasteiger partial charge in [-0.05, 0) is 30.9 Å². The molecule has 1 N–H and O–H groups in total.